The van der Waals surface area contributed by atoms with Crippen LogP contribution in [0.4, 0.5) is 5.69 Å². The summed E-state index contributed by atoms with van der Waals surface area (Å²) in [7, 11) is 0. The lowest BCUT2D eigenvalue weighted by molar-refractivity contribution is 0.0944. The molecule has 0 amide bonds. The van der Waals surface area contributed by atoms with Gasteiger partial charge >= 0.3 is 0 Å². The molecule has 1 aromatic rings. The van der Waals surface area contributed by atoms with Crippen molar-refractivity contribution in [2.75, 3.05) is 18.5 Å². The van der Waals surface area contributed by atoms with Gasteiger partial charge in [0.2, 0.25) is 0 Å². The van der Waals surface area contributed by atoms with Crippen LogP contribution in [-0.2, 0) is 0 Å². The fourth-order valence-electron chi connectivity index (χ4n) is 2.91. The summed E-state index contributed by atoms with van der Waals surface area (Å²) < 4.78 is 1.37. The molecule has 21 heavy (non-hydrogen) atoms. The van der Waals surface area contributed by atoms with Gasteiger partial charge in [-0.2, -0.15) is 5.10 Å². The molecule has 1 fully saturated rings. The zero-order valence-electron chi connectivity index (χ0n) is 12.7. The first-order chi connectivity index (χ1) is 9.99. The molecule has 2 rings (SSSR count). The van der Waals surface area contributed by atoms with Crippen molar-refractivity contribution < 1.29 is 5.11 Å². The lowest BCUT2D eigenvalue weighted by atomic mass is 9.74. The highest BCUT2D eigenvalue weighted by Gasteiger charge is 2.31. The van der Waals surface area contributed by atoms with Gasteiger partial charge in [-0.1, -0.05) is 30.9 Å². The van der Waals surface area contributed by atoms with E-state index in [2.05, 4.69) is 10.4 Å². The molecule has 1 aromatic heterocycles. The maximum Gasteiger partial charge on any atom is 0.287 e. The molecule has 1 aliphatic carbocycles. The van der Waals surface area contributed by atoms with Crippen LogP contribution in [0.2, 0.25) is 5.02 Å². The monoisotopic (exact) mass is 313 g/mol. The van der Waals surface area contributed by atoms with E-state index in [4.69, 9.17) is 11.6 Å². The first-order valence-electron chi connectivity index (χ1n) is 7.61. The van der Waals surface area contributed by atoms with Crippen molar-refractivity contribution in [3.8, 4) is 0 Å². The number of nitrogens with zero attached hydrogens (tertiary/aromatic N) is 2. The Labute approximate surface area is 130 Å². The van der Waals surface area contributed by atoms with Gasteiger partial charge in [0.15, 0.2) is 0 Å². The Kier molecular flexibility index (Phi) is 5.27. The van der Waals surface area contributed by atoms with E-state index in [9.17, 15) is 9.90 Å². The van der Waals surface area contributed by atoms with Crippen molar-refractivity contribution in [3.63, 3.8) is 0 Å². The molecule has 118 valence electrons. The average Bonchev–Trinajstić information content (AvgIpc) is 2.49. The molecular formula is C15H24ClN3O2. The van der Waals surface area contributed by atoms with E-state index in [0.717, 1.165) is 25.7 Å². The molecule has 0 unspecified atom stereocenters. The highest BCUT2D eigenvalue weighted by Crippen LogP contribution is 2.36. The maximum absolute atomic E-state index is 12.1. The minimum absolute atomic E-state index is 0.0221. The molecule has 5 nitrogen and oxygen atoms in total. The van der Waals surface area contributed by atoms with Gasteiger partial charge in [0.05, 0.1) is 24.5 Å². The summed E-state index contributed by atoms with van der Waals surface area (Å²) in [5.74, 6) is 0. The van der Waals surface area contributed by atoms with Gasteiger partial charge in [0.25, 0.3) is 5.56 Å². The first kappa shape index (κ1) is 16.3. The Morgan fingerprint density at radius 3 is 2.67 bits per heavy atom. The second-order valence-corrected chi connectivity index (χ2v) is 6.67. The average molecular weight is 314 g/mol. The fraction of sp³-hybridized carbons (Fsp3) is 0.733. The number of aliphatic hydroxyl groups excluding tert-OH is 1. The van der Waals surface area contributed by atoms with Gasteiger partial charge in [-0.3, -0.25) is 4.79 Å². The van der Waals surface area contributed by atoms with Gasteiger partial charge in [0, 0.05) is 12.0 Å². The molecule has 1 saturated carbocycles. The van der Waals surface area contributed by atoms with E-state index in [1.54, 1.807) is 6.20 Å². The molecule has 0 bridgehead atoms. The van der Waals surface area contributed by atoms with Crippen LogP contribution < -0.4 is 10.9 Å². The van der Waals surface area contributed by atoms with Crippen LogP contribution in [0.25, 0.3) is 0 Å². The van der Waals surface area contributed by atoms with E-state index in [0.29, 0.717) is 12.2 Å². The van der Waals surface area contributed by atoms with Crippen LogP contribution in [0.1, 0.15) is 52.0 Å². The van der Waals surface area contributed by atoms with Gasteiger partial charge in [-0.05, 0) is 26.7 Å². The topological polar surface area (TPSA) is 67.2 Å². The van der Waals surface area contributed by atoms with Crippen molar-refractivity contribution in [1.29, 1.82) is 0 Å². The molecular weight excluding hydrogens is 290 g/mol. The molecule has 0 aliphatic heterocycles. The quantitative estimate of drug-likeness (QED) is 0.877. The molecule has 0 aromatic carbocycles. The van der Waals surface area contributed by atoms with Gasteiger partial charge < -0.3 is 10.4 Å². The van der Waals surface area contributed by atoms with E-state index in [1.165, 1.54) is 11.1 Å². The van der Waals surface area contributed by atoms with Crippen molar-refractivity contribution in [2.24, 2.45) is 5.41 Å². The molecule has 0 saturated heterocycles. The lowest BCUT2D eigenvalue weighted by Crippen LogP contribution is -2.36. The van der Waals surface area contributed by atoms with Gasteiger partial charge in [-0.15, -0.1) is 0 Å². The van der Waals surface area contributed by atoms with E-state index >= 15 is 0 Å². The number of aromatic nitrogens is 2. The summed E-state index contributed by atoms with van der Waals surface area (Å²) in [5, 5.41) is 17.2. The number of halogens is 1. The zero-order chi connectivity index (χ0) is 15.5. The van der Waals surface area contributed by atoms with Crippen LogP contribution in [0, 0.1) is 5.41 Å². The third-order valence-electron chi connectivity index (χ3n) is 4.34. The van der Waals surface area contributed by atoms with Crippen LogP contribution in [-0.4, -0.2) is 28.0 Å². The van der Waals surface area contributed by atoms with E-state index in [1.807, 2.05) is 13.8 Å². The minimum atomic E-state index is -0.279. The predicted molar refractivity (Wildman–Crippen MR) is 85.0 cm³/mol. The van der Waals surface area contributed by atoms with Crippen molar-refractivity contribution in [2.45, 2.75) is 52.0 Å². The third-order valence-corrected chi connectivity index (χ3v) is 4.70. The smallest absolute Gasteiger partial charge is 0.287 e. The summed E-state index contributed by atoms with van der Waals surface area (Å²) in [6.45, 7) is 4.56. The molecule has 2 N–H and O–H groups in total. The number of aliphatic hydroxyl groups is 1. The summed E-state index contributed by atoms with van der Waals surface area (Å²) >= 11 is 6.15. The Morgan fingerprint density at radius 1 is 1.43 bits per heavy atom. The summed E-state index contributed by atoms with van der Waals surface area (Å²) in [6, 6.07) is -0.0221. The van der Waals surface area contributed by atoms with Gasteiger partial charge in [-0.25, -0.2) is 4.68 Å². The van der Waals surface area contributed by atoms with E-state index < -0.39 is 0 Å². The summed E-state index contributed by atoms with van der Waals surface area (Å²) in [4.78, 5) is 12.1. The fourth-order valence-corrected chi connectivity index (χ4v) is 3.11. The molecule has 0 spiro atoms. The van der Waals surface area contributed by atoms with Crippen LogP contribution >= 0.6 is 11.6 Å². The normalized spacial score (nSPS) is 18.0. The molecule has 6 heteroatoms. The number of anilines is 1. The number of rotatable bonds is 5. The Bertz CT molecular complexity index is 536. The molecule has 0 atom stereocenters. The highest BCUT2D eigenvalue weighted by atomic mass is 35.5. The summed E-state index contributed by atoms with van der Waals surface area (Å²) in [5.41, 5.74) is 0.171. The molecule has 1 aliphatic rings. The first-order valence-corrected chi connectivity index (χ1v) is 7.99. The number of hydrogen-bond acceptors (Lipinski definition) is 4. The van der Waals surface area contributed by atoms with Crippen LogP contribution in [0.15, 0.2) is 11.0 Å². The zero-order valence-corrected chi connectivity index (χ0v) is 13.5. The van der Waals surface area contributed by atoms with Crippen molar-refractivity contribution in [3.05, 3.63) is 21.6 Å². The van der Waals surface area contributed by atoms with E-state index in [-0.39, 0.29) is 28.6 Å². The van der Waals surface area contributed by atoms with Crippen molar-refractivity contribution in [1.82, 2.24) is 9.78 Å². The SMILES string of the molecule is CC(C)n1ncc(NCC2(CO)CCCCC2)c(Cl)c1=O. The Morgan fingerprint density at radius 2 is 2.10 bits per heavy atom. The second-order valence-electron chi connectivity index (χ2n) is 6.29. The summed E-state index contributed by atoms with van der Waals surface area (Å²) in [6.07, 6.45) is 7.12. The Hall–Kier alpha value is -1.07. The molecule has 0 radical (unpaired) electrons. The largest absolute Gasteiger partial charge is 0.396 e. The minimum Gasteiger partial charge on any atom is -0.396 e. The Balaban J connectivity index is 2.13. The number of hydrogen-bond donors (Lipinski definition) is 2. The van der Waals surface area contributed by atoms with Crippen LogP contribution in [0.5, 0.6) is 0 Å². The lowest BCUT2D eigenvalue weighted by Gasteiger charge is -2.36. The highest BCUT2D eigenvalue weighted by molar-refractivity contribution is 6.32. The third kappa shape index (κ3) is 3.58. The second kappa shape index (κ2) is 6.79. The van der Waals surface area contributed by atoms with Crippen molar-refractivity contribution >= 4 is 17.3 Å². The van der Waals surface area contributed by atoms with Crippen LogP contribution in [0.3, 0.4) is 0 Å². The standard InChI is InChI=1S/C15H24ClN3O2/c1-11(2)19-14(21)13(16)12(8-18-19)17-9-15(10-20)6-4-3-5-7-15/h8,11,17,20H,3-7,9-10H2,1-2H3. The maximum atomic E-state index is 12.1. The van der Waals surface area contributed by atoms with Gasteiger partial charge in [0.1, 0.15) is 5.02 Å². The molecule has 1 heterocycles. The number of nitrogens with one attached hydrogen (secondary N) is 1. The predicted octanol–water partition coefficient (Wildman–Crippen LogP) is 2.83.